The molecule has 8 heteroatoms. The van der Waals surface area contributed by atoms with Crippen LogP contribution < -0.4 is 15.4 Å². The summed E-state index contributed by atoms with van der Waals surface area (Å²) in [6, 6.07) is 7.77. The number of sulfonamides is 1. The lowest BCUT2D eigenvalue weighted by atomic mass is 10.1. The van der Waals surface area contributed by atoms with Gasteiger partial charge in [0.2, 0.25) is 10.0 Å². The predicted octanol–water partition coefficient (Wildman–Crippen LogP) is 2.98. The van der Waals surface area contributed by atoms with E-state index >= 15 is 0 Å². The second-order valence-electron chi connectivity index (χ2n) is 7.19. The van der Waals surface area contributed by atoms with E-state index in [1.165, 1.54) is 25.0 Å². The normalized spacial score (nSPS) is 15.2. The van der Waals surface area contributed by atoms with E-state index in [0.717, 1.165) is 37.2 Å². The van der Waals surface area contributed by atoms with Crippen molar-refractivity contribution in [2.75, 3.05) is 23.3 Å². The SMILES string of the molecule is Cc1cc(C(=O)Nc2cccc(S(N)(=O)=O)c2)c(N2CCCCCC2)nc1C. The number of nitrogens with zero attached hydrogens (tertiary/aromatic N) is 2. The van der Waals surface area contributed by atoms with Crippen molar-refractivity contribution in [2.24, 2.45) is 5.14 Å². The number of aryl methyl sites for hydroxylation is 2. The molecule has 1 aromatic heterocycles. The number of amides is 1. The molecule has 28 heavy (non-hydrogen) atoms. The minimum Gasteiger partial charge on any atom is -0.356 e. The van der Waals surface area contributed by atoms with Gasteiger partial charge in [-0.05, 0) is 56.5 Å². The molecule has 2 aromatic rings. The highest BCUT2D eigenvalue weighted by Gasteiger charge is 2.21. The van der Waals surface area contributed by atoms with E-state index < -0.39 is 10.0 Å². The van der Waals surface area contributed by atoms with Gasteiger partial charge < -0.3 is 10.2 Å². The Balaban J connectivity index is 1.94. The zero-order valence-electron chi connectivity index (χ0n) is 16.2. The number of carbonyl (C=O) groups excluding carboxylic acids is 1. The first-order valence-corrected chi connectivity index (χ1v) is 11.0. The van der Waals surface area contributed by atoms with Gasteiger partial charge in [0.1, 0.15) is 5.82 Å². The Morgan fingerprint density at radius 2 is 1.79 bits per heavy atom. The van der Waals surface area contributed by atoms with E-state index in [9.17, 15) is 13.2 Å². The van der Waals surface area contributed by atoms with Crippen LogP contribution in [0.15, 0.2) is 35.2 Å². The predicted molar refractivity (Wildman–Crippen MR) is 110 cm³/mol. The number of nitrogens with two attached hydrogens (primary N) is 1. The third kappa shape index (κ3) is 4.69. The topological polar surface area (TPSA) is 105 Å². The number of aromatic nitrogens is 1. The van der Waals surface area contributed by atoms with E-state index in [4.69, 9.17) is 10.1 Å². The Morgan fingerprint density at radius 1 is 1.11 bits per heavy atom. The molecular weight excluding hydrogens is 376 g/mol. The minimum absolute atomic E-state index is 0.0451. The molecule has 150 valence electrons. The molecule has 1 amide bonds. The highest BCUT2D eigenvalue weighted by molar-refractivity contribution is 7.89. The molecule has 3 rings (SSSR count). The molecule has 0 unspecified atom stereocenters. The molecule has 1 saturated heterocycles. The van der Waals surface area contributed by atoms with Gasteiger partial charge in [-0.3, -0.25) is 4.79 Å². The minimum atomic E-state index is -3.84. The molecule has 0 spiro atoms. The second-order valence-corrected chi connectivity index (χ2v) is 8.75. The van der Waals surface area contributed by atoms with Gasteiger partial charge in [0.05, 0.1) is 10.5 Å². The van der Waals surface area contributed by atoms with Crippen LogP contribution in [-0.4, -0.2) is 32.4 Å². The number of carbonyl (C=O) groups is 1. The van der Waals surface area contributed by atoms with Crippen molar-refractivity contribution >= 4 is 27.4 Å². The number of anilines is 2. The van der Waals surface area contributed by atoms with Crippen LogP contribution in [0.4, 0.5) is 11.5 Å². The summed E-state index contributed by atoms with van der Waals surface area (Å²) in [4.78, 5) is 19.9. The van der Waals surface area contributed by atoms with E-state index in [-0.39, 0.29) is 10.8 Å². The lowest BCUT2D eigenvalue weighted by molar-refractivity contribution is 0.102. The standard InChI is InChI=1S/C20H26N4O3S/c1-14-12-18(19(22-15(14)2)24-10-5-3-4-6-11-24)20(25)23-16-8-7-9-17(13-16)28(21,26)27/h7-9,12-13H,3-6,10-11H2,1-2H3,(H,23,25)(H2,21,26,27). The molecule has 0 aliphatic carbocycles. The summed E-state index contributed by atoms with van der Waals surface area (Å²) in [6.07, 6.45) is 4.52. The van der Waals surface area contributed by atoms with Crippen molar-refractivity contribution in [1.29, 1.82) is 0 Å². The van der Waals surface area contributed by atoms with Crippen LogP contribution in [0.5, 0.6) is 0 Å². The number of nitrogens with one attached hydrogen (secondary N) is 1. The average molecular weight is 403 g/mol. The maximum Gasteiger partial charge on any atom is 0.259 e. The largest absolute Gasteiger partial charge is 0.356 e. The highest BCUT2D eigenvalue weighted by Crippen LogP contribution is 2.25. The molecular formula is C20H26N4O3S. The first kappa shape index (κ1) is 20.3. The summed E-state index contributed by atoms with van der Waals surface area (Å²) in [5, 5.41) is 7.97. The van der Waals surface area contributed by atoms with Crippen molar-refractivity contribution in [2.45, 2.75) is 44.4 Å². The van der Waals surface area contributed by atoms with Crippen molar-refractivity contribution in [3.8, 4) is 0 Å². The molecule has 7 nitrogen and oxygen atoms in total. The third-order valence-corrected chi connectivity index (χ3v) is 5.93. The molecule has 0 atom stereocenters. The Hall–Kier alpha value is -2.45. The number of rotatable bonds is 4. The maximum atomic E-state index is 13.0. The smallest absolute Gasteiger partial charge is 0.259 e. The Kier molecular flexibility index (Phi) is 6.00. The van der Waals surface area contributed by atoms with Gasteiger partial charge >= 0.3 is 0 Å². The fourth-order valence-corrected chi connectivity index (χ4v) is 3.89. The van der Waals surface area contributed by atoms with Gasteiger partial charge in [-0.25, -0.2) is 18.5 Å². The van der Waals surface area contributed by atoms with E-state index in [0.29, 0.717) is 17.1 Å². The quantitative estimate of drug-likeness (QED) is 0.818. The molecule has 1 aromatic carbocycles. The van der Waals surface area contributed by atoms with Crippen LogP contribution in [0, 0.1) is 13.8 Å². The van der Waals surface area contributed by atoms with Crippen LogP contribution in [-0.2, 0) is 10.0 Å². The van der Waals surface area contributed by atoms with Crippen LogP contribution in [0.25, 0.3) is 0 Å². The maximum absolute atomic E-state index is 13.0. The van der Waals surface area contributed by atoms with Crippen molar-refractivity contribution < 1.29 is 13.2 Å². The van der Waals surface area contributed by atoms with Crippen LogP contribution in [0.1, 0.15) is 47.3 Å². The fourth-order valence-electron chi connectivity index (χ4n) is 3.33. The monoisotopic (exact) mass is 402 g/mol. The van der Waals surface area contributed by atoms with Crippen molar-refractivity contribution in [1.82, 2.24) is 4.98 Å². The number of hydrogen-bond donors (Lipinski definition) is 2. The van der Waals surface area contributed by atoms with Crippen molar-refractivity contribution in [3.05, 3.63) is 47.2 Å². The lowest BCUT2D eigenvalue weighted by Gasteiger charge is -2.25. The molecule has 1 fully saturated rings. The fraction of sp³-hybridized carbons (Fsp3) is 0.400. The van der Waals surface area contributed by atoms with Gasteiger partial charge in [0.25, 0.3) is 5.91 Å². The molecule has 1 aliphatic heterocycles. The van der Waals surface area contributed by atoms with Gasteiger partial charge in [-0.1, -0.05) is 18.9 Å². The summed E-state index contributed by atoms with van der Waals surface area (Å²) < 4.78 is 23.1. The summed E-state index contributed by atoms with van der Waals surface area (Å²) in [5.41, 5.74) is 2.69. The third-order valence-electron chi connectivity index (χ3n) is 5.02. The summed E-state index contributed by atoms with van der Waals surface area (Å²) in [5.74, 6) is 0.367. The first-order chi connectivity index (χ1) is 13.3. The first-order valence-electron chi connectivity index (χ1n) is 9.43. The highest BCUT2D eigenvalue weighted by atomic mass is 32.2. The van der Waals surface area contributed by atoms with Gasteiger partial charge in [0, 0.05) is 24.5 Å². The van der Waals surface area contributed by atoms with Crippen LogP contribution >= 0.6 is 0 Å². The Labute approximate surface area is 166 Å². The molecule has 0 radical (unpaired) electrons. The molecule has 0 bridgehead atoms. The Morgan fingerprint density at radius 3 is 2.43 bits per heavy atom. The van der Waals surface area contributed by atoms with E-state index in [1.54, 1.807) is 12.1 Å². The van der Waals surface area contributed by atoms with E-state index in [2.05, 4.69) is 10.2 Å². The molecule has 3 N–H and O–H groups in total. The van der Waals surface area contributed by atoms with Crippen LogP contribution in [0.2, 0.25) is 0 Å². The molecule has 1 aliphatic rings. The van der Waals surface area contributed by atoms with Crippen molar-refractivity contribution in [3.63, 3.8) is 0 Å². The number of pyridine rings is 1. The van der Waals surface area contributed by atoms with E-state index in [1.807, 2.05) is 19.9 Å². The zero-order chi connectivity index (χ0) is 20.3. The summed E-state index contributed by atoms with van der Waals surface area (Å²) >= 11 is 0. The van der Waals surface area contributed by atoms with Crippen LogP contribution in [0.3, 0.4) is 0 Å². The molecule has 2 heterocycles. The number of primary sulfonamides is 1. The summed E-state index contributed by atoms with van der Waals surface area (Å²) in [7, 11) is -3.84. The number of hydrogen-bond acceptors (Lipinski definition) is 5. The Bertz CT molecular complexity index is 981. The zero-order valence-corrected chi connectivity index (χ0v) is 17.1. The lowest BCUT2D eigenvalue weighted by Crippen LogP contribution is -2.28. The van der Waals surface area contributed by atoms with Gasteiger partial charge in [0.15, 0.2) is 0 Å². The average Bonchev–Trinajstić information content (AvgIpc) is 2.92. The molecule has 0 saturated carbocycles. The summed E-state index contributed by atoms with van der Waals surface area (Å²) in [6.45, 7) is 5.61. The van der Waals surface area contributed by atoms with Gasteiger partial charge in [-0.2, -0.15) is 0 Å². The van der Waals surface area contributed by atoms with Gasteiger partial charge in [-0.15, -0.1) is 0 Å². The second kappa shape index (κ2) is 8.28. The number of benzene rings is 1.